The Kier molecular flexibility index (Phi) is 16.0. The van der Waals surface area contributed by atoms with Crippen LogP contribution in [0.4, 0.5) is 9.59 Å². The van der Waals surface area contributed by atoms with E-state index in [2.05, 4.69) is 46.6 Å². The summed E-state index contributed by atoms with van der Waals surface area (Å²) >= 11 is 19.6. The van der Waals surface area contributed by atoms with Gasteiger partial charge in [0.15, 0.2) is 0 Å². The number of amides is 3. The fraction of sp³-hybridized carbons (Fsp3) is 0.400. The third-order valence-electron chi connectivity index (χ3n) is 11.8. The lowest BCUT2D eigenvalue weighted by Crippen LogP contribution is -2.51. The molecule has 2 aliphatic heterocycles. The molecule has 0 bridgehead atoms. The molecular weight excluding hydrogens is 1060 g/mol. The minimum Gasteiger partial charge on any atom is -0.478 e. The number of pyridine rings is 2. The summed E-state index contributed by atoms with van der Waals surface area (Å²) in [5.74, 6) is -1.32. The molecule has 8 rings (SSSR count). The predicted octanol–water partition coefficient (Wildman–Crippen LogP) is 10.1. The molecule has 15 nitrogen and oxygen atoms in total. The number of ether oxygens (including phenoxy) is 2. The molecule has 2 aromatic carbocycles. The van der Waals surface area contributed by atoms with Crippen LogP contribution in [0.5, 0.6) is 0 Å². The van der Waals surface area contributed by atoms with Crippen LogP contribution in [-0.2, 0) is 23.9 Å². The normalized spacial score (nSPS) is 18.3. The molecule has 69 heavy (non-hydrogen) atoms. The van der Waals surface area contributed by atoms with E-state index in [0.29, 0.717) is 73.5 Å². The van der Waals surface area contributed by atoms with E-state index in [4.69, 9.17) is 42.5 Å². The first kappa shape index (κ1) is 52.0. The summed E-state index contributed by atoms with van der Waals surface area (Å²) in [5.41, 5.74) is 5.73. The van der Waals surface area contributed by atoms with Crippen molar-refractivity contribution in [1.29, 1.82) is 0 Å². The minimum absolute atomic E-state index is 0.170. The van der Waals surface area contributed by atoms with E-state index in [0.717, 1.165) is 48.2 Å². The highest BCUT2D eigenvalue weighted by Gasteiger charge is 2.38. The molecule has 2 aromatic heterocycles. The fourth-order valence-electron chi connectivity index (χ4n) is 8.70. The summed E-state index contributed by atoms with van der Waals surface area (Å²) < 4.78 is 12.7. The van der Waals surface area contributed by atoms with Crippen LogP contribution < -0.4 is 0 Å². The van der Waals surface area contributed by atoms with Gasteiger partial charge in [-0.2, -0.15) is 0 Å². The number of piperazine rings is 2. The van der Waals surface area contributed by atoms with Gasteiger partial charge in [0, 0.05) is 90.8 Å². The van der Waals surface area contributed by atoms with Gasteiger partial charge in [-0.05, 0) is 155 Å². The number of likely N-dealkylation sites (N-methyl/N-ethyl adjacent to an activating group) is 1. The molecule has 2 fully saturated rings. The Morgan fingerprint density at radius 2 is 1.04 bits per heavy atom. The molecule has 4 aromatic rings. The molecule has 2 saturated heterocycles. The van der Waals surface area contributed by atoms with E-state index in [1.54, 1.807) is 47.4 Å². The Morgan fingerprint density at radius 3 is 1.42 bits per heavy atom. The number of aromatic nitrogens is 2. The SMILES string of the molecule is CC(C)(C)OC(=O)N1CCN(C2c3ccc(Cl)cc3C(C(=O)O)=Cc3cc(Br)cnc32)CC1.CON(C)C(=O)C1=Cc2cc(Br)cnc2C(N2CCN(C(=O)OC(C)(C)C)CC2)c2ccc(Cl)cc21. The van der Waals surface area contributed by atoms with Crippen molar-refractivity contribution in [1.82, 2.24) is 34.6 Å². The molecule has 2 atom stereocenters. The number of nitrogens with zero attached hydrogens (tertiary/aromatic N) is 7. The molecule has 366 valence electrons. The van der Waals surface area contributed by atoms with Crippen molar-refractivity contribution in [3.05, 3.63) is 125 Å². The molecule has 4 heterocycles. The van der Waals surface area contributed by atoms with Gasteiger partial charge in [-0.15, -0.1) is 0 Å². The maximum atomic E-state index is 13.4. The van der Waals surface area contributed by atoms with E-state index in [1.165, 1.54) is 12.2 Å². The second-order valence-corrected chi connectivity index (χ2v) is 21.6. The average molecular weight is 1110 g/mol. The first-order chi connectivity index (χ1) is 32.5. The van der Waals surface area contributed by atoms with Gasteiger partial charge in [-0.1, -0.05) is 35.3 Å². The second-order valence-electron chi connectivity index (χ2n) is 18.9. The van der Waals surface area contributed by atoms with Crippen LogP contribution in [0.15, 0.2) is 69.9 Å². The van der Waals surface area contributed by atoms with Crippen molar-refractivity contribution >= 4 is 102 Å². The van der Waals surface area contributed by atoms with Gasteiger partial charge >= 0.3 is 18.2 Å². The summed E-state index contributed by atoms with van der Waals surface area (Å²) in [6.45, 7) is 15.6. The maximum Gasteiger partial charge on any atom is 0.410 e. The standard InChI is InChI=1S/C26H30BrClN4O4.C24H25BrClN3O4/c1-26(2,3)36-25(34)32-10-8-31(9-11-32)23-19-7-6-18(28)14-20(19)21(24(33)30(4)35-5)13-16-12-17(27)15-29-22(16)23;1-24(2,3)33-23(32)29-8-6-28(7-9-29)21-17-5-4-16(26)12-18(17)19(22(30)31)11-14-10-15(25)13-27-20(14)21/h6-7,12-15,23H,8-11H2,1-5H3;4-5,10-13,21H,6-9H2,1-3H3,(H,30,31). The van der Waals surface area contributed by atoms with E-state index >= 15 is 0 Å². The molecule has 2 unspecified atom stereocenters. The molecule has 19 heteroatoms. The van der Waals surface area contributed by atoms with E-state index < -0.39 is 17.2 Å². The van der Waals surface area contributed by atoms with Crippen molar-refractivity contribution in [2.75, 3.05) is 66.5 Å². The third kappa shape index (κ3) is 12.2. The van der Waals surface area contributed by atoms with Crippen molar-refractivity contribution in [3.8, 4) is 0 Å². The molecular formula is C50H55Br2Cl2N7O8. The number of aliphatic carboxylic acids is 1. The van der Waals surface area contributed by atoms with Crippen molar-refractivity contribution < 1.29 is 38.6 Å². The molecule has 3 amide bonds. The number of hydrogen-bond donors (Lipinski definition) is 1. The highest BCUT2D eigenvalue weighted by Crippen LogP contribution is 2.43. The lowest BCUT2D eigenvalue weighted by molar-refractivity contribution is -0.161. The van der Waals surface area contributed by atoms with Crippen molar-refractivity contribution in [3.63, 3.8) is 0 Å². The van der Waals surface area contributed by atoms with Gasteiger partial charge in [0.1, 0.15) is 11.2 Å². The highest BCUT2D eigenvalue weighted by molar-refractivity contribution is 9.10. The number of benzene rings is 2. The summed E-state index contributed by atoms with van der Waals surface area (Å²) in [7, 11) is 3.03. The highest BCUT2D eigenvalue weighted by atomic mass is 79.9. The molecule has 0 radical (unpaired) electrons. The topological polar surface area (TPSA) is 158 Å². The smallest absolute Gasteiger partial charge is 0.410 e. The number of carbonyl (C=O) groups excluding carboxylic acids is 3. The third-order valence-corrected chi connectivity index (χ3v) is 13.2. The summed E-state index contributed by atoms with van der Waals surface area (Å²) in [4.78, 5) is 73.3. The van der Waals surface area contributed by atoms with Crippen LogP contribution in [0.1, 0.15) is 98.4 Å². The van der Waals surface area contributed by atoms with Crippen molar-refractivity contribution in [2.45, 2.75) is 64.8 Å². The van der Waals surface area contributed by atoms with Crippen LogP contribution in [-0.4, -0.2) is 142 Å². The van der Waals surface area contributed by atoms with Gasteiger partial charge in [0.2, 0.25) is 0 Å². The largest absolute Gasteiger partial charge is 0.478 e. The fourth-order valence-corrected chi connectivity index (χ4v) is 9.75. The van der Waals surface area contributed by atoms with Gasteiger partial charge < -0.3 is 24.4 Å². The lowest BCUT2D eigenvalue weighted by Gasteiger charge is -2.40. The van der Waals surface area contributed by atoms with Gasteiger partial charge in [0.05, 0.1) is 41.7 Å². The minimum atomic E-state index is -1.03. The zero-order chi connectivity index (χ0) is 50.1. The summed E-state index contributed by atoms with van der Waals surface area (Å²) in [6.07, 6.45) is 6.35. The zero-order valence-electron chi connectivity index (χ0n) is 39.7. The molecule has 4 aliphatic rings. The monoisotopic (exact) mass is 1110 g/mol. The predicted molar refractivity (Wildman–Crippen MR) is 272 cm³/mol. The number of hydrogen-bond acceptors (Lipinski definition) is 11. The first-order valence-corrected chi connectivity index (χ1v) is 24.7. The van der Waals surface area contributed by atoms with Crippen molar-refractivity contribution in [2.24, 2.45) is 0 Å². The number of fused-ring (bicyclic) bond motifs is 4. The van der Waals surface area contributed by atoms with Crippen LogP contribution in [0, 0.1) is 0 Å². The Morgan fingerprint density at radius 1 is 0.652 bits per heavy atom. The van der Waals surface area contributed by atoms with Gasteiger partial charge in [-0.3, -0.25) is 29.4 Å². The number of rotatable bonds is 5. The first-order valence-electron chi connectivity index (χ1n) is 22.3. The van der Waals surface area contributed by atoms with E-state index in [-0.39, 0.29) is 35.8 Å². The van der Waals surface area contributed by atoms with Gasteiger partial charge in [-0.25, -0.2) is 19.4 Å². The number of hydroxylamine groups is 2. The quantitative estimate of drug-likeness (QED) is 0.189. The van der Waals surface area contributed by atoms with Crippen LogP contribution >= 0.6 is 55.1 Å². The van der Waals surface area contributed by atoms with Crippen LogP contribution in [0.25, 0.3) is 23.3 Å². The lowest BCUT2D eigenvalue weighted by atomic mass is 9.93. The summed E-state index contributed by atoms with van der Waals surface area (Å²) in [5, 5.41) is 12.2. The Balaban J connectivity index is 0.000000205. The Hall–Kier alpha value is -4.88. The number of carboxylic acid groups (broad SMARTS) is 1. The molecule has 2 aliphatic carbocycles. The molecule has 1 N–H and O–H groups in total. The molecule has 0 saturated carbocycles. The average Bonchev–Trinajstić information content (AvgIpc) is 3.51. The van der Waals surface area contributed by atoms with E-state index in [1.807, 2.05) is 84.0 Å². The molecule has 0 spiro atoms. The zero-order valence-corrected chi connectivity index (χ0v) is 44.4. The Bertz CT molecular complexity index is 2710. The van der Waals surface area contributed by atoms with E-state index in [9.17, 15) is 24.3 Å². The Labute approximate surface area is 429 Å². The summed E-state index contributed by atoms with van der Waals surface area (Å²) in [6, 6.07) is 14.3. The number of halogens is 4. The van der Waals surface area contributed by atoms with Crippen LogP contribution in [0.2, 0.25) is 10.0 Å². The van der Waals surface area contributed by atoms with Crippen LogP contribution in [0.3, 0.4) is 0 Å². The number of carbonyl (C=O) groups is 4. The number of carboxylic acids is 1. The second kappa shape index (κ2) is 21.2. The van der Waals surface area contributed by atoms with Gasteiger partial charge in [0.25, 0.3) is 5.91 Å². The maximum absolute atomic E-state index is 13.4.